The molecule has 26 heavy (non-hydrogen) atoms. The van der Waals surface area contributed by atoms with Crippen molar-refractivity contribution in [3.63, 3.8) is 0 Å². The number of rotatable bonds is 2. The molecule has 1 saturated heterocycles. The number of benzene rings is 1. The van der Waals surface area contributed by atoms with Crippen molar-refractivity contribution in [2.75, 3.05) is 11.9 Å². The summed E-state index contributed by atoms with van der Waals surface area (Å²) in [6.07, 6.45) is 5.12. The molecule has 7 heteroatoms. The molecule has 3 aromatic rings. The normalized spacial score (nSPS) is 19.3. The van der Waals surface area contributed by atoms with E-state index in [1.165, 1.54) is 10.3 Å². The molecule has 0 saturated carbocycles. The number of carbonyl (C=O) groups excluding carboxylic acids is 1. The van der Waals surface area contributed by atoms with Crippen LogP contribution in [0.25, 0.3) is 10.2 Å². The zero-order valence-electron chi connectivity index (χ0n) is 14.7. The SMILES string of the molecule is Cn1nc2c(c1NC(=O)N1CCCC1c1nc3ccccc3s1)CCC2. The summed E-state index contributed by atoms with van der Waals surface area (Å²) >= 11 is 1.70. The lowest BCUT2D eigenvalue weighted by Gasteiger charge is -2.23. The molecule has 0 spiro atoms. The minimum atomic E-state index is -0.0375. The summed E-state index contributed by atoms with van der Waals surface area (Å²) in [6.45, 7) is 0.770. The Morgan fingerprint density at radius 2 is 2.15 bits per heavy atom. The monoisotopic (exact) mass is 367 g/mol. The lowest BCUT2D eigenvalue weighted by molar-refractivity contribution is 0.207. The average molecular weight is 367 g/mol. The van der Waals surface area contributed by atoms with Crippen molar-refractivity contribution in [3.8, 4) is 0 Å². The van der Waals surface area contributed by atoms with Crippen molar-refractivity contribution < 1.29 is 4.79 Å². The van der Waals surface area contributed by atoms with Crippen LogP contribution in [0, 0.1) is 0 Å². The summed E-state index contributed by atoms with van der Waals surface area (Å²) in [6, 6.07) is 8.20. The topological polar surface area (TPSA) is 63.1 Å². The highest BCUT2D eigenvalue weighted by atomic mass is 32.1. The van der Waals surface area contributed by atoms with Crippen LogP contribution in [0.1, 0.15) is 41.6 Å². The fourth-order valence-corrected chi connectivity index (χ4v) is 5.26. The zero-order chi connectivity index (χ0) is 17.7. The van der Waals surface area contributed by atoms with Gasteiger partial charge in [0.15, 0.2) is 0 Å². The maximum absolute atomic E-state index is 13.0. The van der Waals surface area contributed by atoms with Gasteiger partial charge in [-0.3, -0.25) is 10.00 Å². The number of thiazole rings is 1. The summed E-state index contributed by atoms with van der Waals surface area (Å²) < 4.78 is 2.99. The molecule has 134 valence electrons. The van der Waals surface area contributed by atoms with E-state index in [1.54, 1.807) is 11.3 Å². The summed E-state index contributed by atoms with van der Waals surface area (Å²) in [4.78, 5) is 19.7. The first-order valence-corrected chi connectivity index (χ1v) is 10.00. The maximum atomic E-state index is 13.0. The van der Waals surface area contributed by atoms with Crippen LogP contribution in [-0.2, 0) is 19.9 Å². The molecule has 5 rings (SSSR count). The Hall–Kier alpha value is -2.41. The Balaban J connectivity index is 1.41. The van der Waals surface area contributed by atoms with Gasteiger partial charge in [-0.25, -0.2) is 9.78 Å². The third-order valence-corrected chi connectivity index (χ3v) is 6.54. The minimum absolute atomic E-state index is 0.0375. The molecule has 6 nitrogen and oxygen atoms in total. The smallest absolute Gasteiger partial charge is 0.315 e. The number of urea groups is 1. The number of carbonyl (C=O) groups is 1. The van der Waals surface area contributed by atoms with E-state index < -0.39 is 0 Å². The highest BCUT2D eigenvalue weighted by molar-refractivity contribution is 7.18. The number of fused-ring (bicyclic) bond motifs is 2. The van der Waals surface area contributed by atoms with Crippen molar-refractivity contribution in [1.82, 2.24) is 19.7 Å². The van der Waals surface area contributed by atoms with Crippen molar-refractivity contribution >= 4 is 33.4 Å². The standard InChI is InChI=1S/C19H21N5OS/c1-23-17(12-6-4-8-13(12)22-23)21-19(25)24-11-5-9-15(24)18-20-14-7-2-3-10-16(14)26-18/h2-3,7,10,15H,4-6,8-9,11H2,1H3,(H,21,25). The van der Waals surface area contributed by atoms with Gasteiger partial charge in [-0.2, -0.15) is 5.10 Å². The first-order chi connectivity index (χ1) is 12.7. The van der Waals surface area contributed by atoms with Crippen LogP contribution in [0.5, 0.6) is 0 Å². The molecule has 1 atom stereocenters. The summed E-state index contributed by atoms with van der Waals surface area (Å²) in [5.74, 6) is 0.859. The number of nitrogens with zero attached hydrogens (tertiary/aromatic N) is 4. The van der Waals surface area contributed by atoms with Gasteiger partial charge in [-0.05, 0) is 44.2 Å². The van der Waals surface area contributed by atoms with E-state index in [4.69, 9.17) is 4.98 Å². The second-order valence-electron chi connectivity index (χ2n) is 7.05. The Kier molecular flexibility index (Phi) is 3.70. The van der Waals surface area contributed by atoms with Crippen LogP contribution in [0.15, 0.2) is 24.3 Å². The van der Waals surface area contributed by atoms with Gasteiger partial charge < -0.3 is 4.90 Å². The molecule has 0 radical (unpaired) electrons. The number of aryl methyl sites for hydroxylation is 2. The van der Waals surface area contributed by atoms with E-state index in [9.17, 15) is 4.79 Å². The molecule has 1 aliphatic heterocycles. The van der Waals surface area contributed by atoms with Gasteiger partial charge in [-0.15, -0.1) is 11.3 Å². The van der Waals surface area contributed by atoms with Crippen LogP contribution >= 0.6 is 11.3 Å². The number of para-hydroxylation sites is 1. The summed E-state index contributed by atoms with van der Waals surface area (Å²) in [5.41, 5.74) is 3.35. The number of amides is 2. The first-order valence-electron chi connectivity index (χ1n) is 9.18. The maximum Gasteiger partial charge on any atom is 0.323 e. The number of hydrogen-bond acceptors (Lipinski definition) is 4. The molecule has 1 aliphatic carbocycles. The lowest BCUT2D eigenvalue weighted by atomic mass is 10.2. The molecular weight excluding hydrogens is 346 g/mol. The van der Waals surface area contributed by atoms with Gasteiger partial charge in [-0.1, -0.05) is 12.1 Å². The first kappa shape index (κ1) is 15.8. The van der Waals surface area contributed by atoms with E-state index in [1.807, 2.05) is 34.8 Å². The fraction of sp³-hybridized carbons (Fsp3) is 0.421. The Labute approximate surface area is 155 Å². The Morgan fingerprint density at radius 3 is 3.04 bits per heavy atom. The minimum Gasteiger partial charge on any atom is -0.315 e. The van der Waals surface area contributed by atoms with Crippen LogP contribution in [0.4, 0.5) is 10.6 Å². The Bertz CT molecular complexity index is 958. The largest absolute Gasteiger partial charge is 0.323 e. The van der Waals surface area contributed by atoms with Crippen molar-refractivity contribution in [3.05, 3.63) is 40.5 Å². The van der Waals surface area contributed by atoms with Gasteiger partial charge in [0.25, 0.3) is 0 Å². The van der Waals surface area contributed by atoms with Crippen LogP contribution < -0.4 is 5.32 Å². The summed E-state index contributed by atoms with van der Waals surface area (Å²) in [5, 5.41) is 8.72. The zero-order valence-corrected chi connectivity index (χ0v) is 15.6. The van der Waals surface area contributed by atoms with Gasteiger partial charge in [0, 0.05) is 19.2 Å². The van der Waals surface area contributed by atoms with E-state index in [-0.39, 0.29) is 12.1 Å². The molecule has 1 aromatic carbocycles. The lowest BCUT2D eigenvalue weighted by Crippen LogP contribution is -2.35. The molecule has 1 fully saturated rings. The predicted octanol–water partition coefficient (Wildman–Crippen LogP) is 3.89. The number of likely N-dealkylation sites (tertiary alicyclic amines) is 1. The number of hydrogen-bond donors (Lipinski definition) is 1. The Morgan fingerprint density at radius 1 is 1.27 bits per heavy atom. The molecule has 2 aromatic heterocycles. The highest BCUT2D eigenvalue weighted by Gasteiger charge is 2.33. The number of anilines is 1. The number of aromatic nitrogens is 3. The third kappa shape index (κ3) is 2.49. The van der Waals surface area contributed by atoms with E-state index in [0.29, 0.717) is 0 Å². The van der Waals surface area contributed by atoms with Crippen molar-refractivity contribution in [2.24, 2.45) is 7.05 Å². The summed E-state index contributed by atoms with van der Waals surface area (Å²) in [7, 11) is 1.91. The quantitative estimate of drug-likeness (QED) is 0.747. The van der Waals surface area contributed by atoms with Gasteiger partial charge in [0.1, 0.15) is 10.8 Å². The molecule has 2 aliphatic rings. The second-order valence-corrected chi connectivity index (χ2v) is 8.11. The van der Waals surface area contributed by atoms with Crippen molar-refractivity contribution in [2.45, 2.75) is 38.1 Å². The van der Waals surface area contributed by atoms with Gasteiger partial charge in [0.05, 0.1) is 22.0 Å². The number of nitrogens with one attached hydrogen (secondary N) is 1. The molecule has 1 N–H and O–H groups in total. The predicted molar refractivity (Wildman–Crippen MR) is 103 cm³/mol. The molecule has 1 unspecified atom stereocenters. The van der Waals surface area contributed by atoms with E-state index in [0.717, 1.165) is 60.7 Å². The average Bonchev–Trinajstić information content (AvgIpc) is 3.38. The molecule has 3 heterocycles. The second kappa shape index (κ2) is 6.09. The van der Waals surface area contributed by atoms with Crippen LogP contribution in [-0.4, -0.2) is 32.2 Å². The fourth-order valence-electron chi connectivity index (χ4n) is 4.15. The van der Waals surface area contributed by atoms with E-state index in [2.05, 4.69) is 16.5 Å². The van der Waals surface area contributed by atoms with Gasteiger partial charge in [0.2, 0.25) is 0 Å². The van der Waals surface area contributed by atoms with E-state index >= 15 is 0 Å². The third-order valence-electron chi connectivity index (χ3n) is 5.40. The molecular formula is C19H21N5OS. The van der Waals surface area contributed by atoms with Crippen LogP contribution in [0.3, 0.4) is 0 Å². The van der Waals surface area contributed by atoms with Crippen LogP contribution in [0.2, 0.25) is 0 Å². The van der Waals surface area contributed by atoms with Gasteiger partial charge >= 0.3 is 6.03 Å². The molecule has 0 bridgehead atoms. The highest BCUT2D eigenvalue weighted by Crippen LogP contribution is 2.37. The molecule has 2 amide bonds. The van der Waals surface area contributed by atoms with Crippen molar-refractivity contribution in [1.29, 1.82) is 0 Å².